The average molecular weight is 217 g/mol. The lowest BCUT2D eigenvalue weighted by atomic mass is 10.3. The van der Waals surface area contributed by atoms with Crippen LogP contribution in [0.3, 0.4) is 0 Å². The number of hydrogen-bond acceptors (Lipinski definition) is 3. The molecule has 14 heavy (non-hydrogen) atoms. The molecule has 0 atom stereocenters. The van der Waals surface area contributed by atoms with Crippen molar-refractivity contribution in [3.63, 3.8) is 0 Å². The molecule has 0 aliphatic carbocycles. The molecule has 0 radical (unpaired) electrons. The van der Waals surface area contributed by atoms with Crippen molar-refractivity contribution in [1.82, 2.24) is 10.2 Å². The molecule has 0 aromatic heterocycles. The fourth-order valence-electron chi connectivity index (χ4n) is 1.03. The minimum atomic E-state index is 0.0646. The van der Waals surface area contributed by atoms with Crippen LogP contribution in [0.4, 0.5) is 0 Å². The van der Waals surface area contributed by atoms with Gasteiger partial charge < -0.3 is 11.1 Å². The first-order chi connectivity index (χ1) is 6.41. The molecule has 1 amide bonds. The molecule has 0 spiro atoms. The van der Waals surface area contributed by atoms with Crippen LogP contribution in [0.5, 0.6) is 0 Å². The minimum absolute atomic E-state index is 0.0646. The van der Waals surface area contributed by atoms with E-state index in [0.717, 1.165) is 0 Å². The van der Waals surface area contributed by atoms with Gasteiger partial charge in [-0.3, -0.25) is 9.69 Å². The molecule has 0 rings (SSSR count). The van der Waals surface area contributed by atoms with Crippen molar-refractivity contribution < 1.29 is 4.79 Å². The zero-order valence-electron chi connectivity index (χ0n) is 9.04. The number of hydrogen-bond donors (Lipinski definition) is 2. The first-order valence-electron chi connectivity index (χ1n) is 4.68. The second-order valence-corrected chi connectivity index (χ2v) is 4.20. The van der Waals surface area contributed by atoms with Crippen LogP contribution in [-0.2, 0) is 4.79 Å². The highest BCUT2D eigenvalue weighted by molar-refractivity contribution is 7.80. The summed E-state index contributed by atoms with van der Waals surface area (Å²) < 4.78 is 0. The van der Waals surface area contributed by atoms with Gasteiger partial charge in [-0.05, 0) is 20.9 Å². The fourth-order valence-corrected chi connectivity index (χ4v) is 1.25. The van der Waals surface area contributed by atoms with Crippen molar-refractivity contribution in [2.24, 2.45) is 5.73 Å². The van der Waals surface area contributed by atoms with Crippen LogP contribution in [0.15, 0.2) is 0 Å². The second-order valence-electron chi connectivity index (χ2n) is 3.68. The molecule has 0 fully saturated rings. The quantitative estimate of drug-likeness (QED) is 0.620. The third-order valence-electron chi connectivity index (χ3n) is 1.60. The first kappa shape index (κ1) is 13.3. The van der Waals surface area contributed by atoms with Crippen LogP contribution >= 0.6 is 12.2 Å². The lowest BCUT2D eigenvalue weighted by Crippen LogP contribution is -2.35. The number of carbonyl (C=O) groups excluding carboxylic acids is 1. The maximum Gasteiger partial charge on any atom is 0.221 e. The Morgan fingerprint density at radius 3 is 2.57 bits per heavy atom. The zero-order chi connectivity index (χ0) is 11.1. The highest BCUT2D eigenvalue weighted by Crippen LogP contribution is 1.89. The van der Waals surface area contributed by atoms with Crippen molar-refractivity contribution in [1.29, 1.82) is 0 Å². The van der Waals surface area contributed by atoms with Crippen LogP contribution < -0.4 is 11.1 Å². The predicted molar refractivity (Wildman–Crippen MR) is 62.2 cm³/mol. The molecule has 0 aromatic carbocycles. The van der Waals surface area contributed by atoms with Crippen LogP contribution in [-0.4, -0.2) is 42.0 Å². The molecule has 5 heteroatoms. The Kier molecular flexibility index (Phi) is 6.40. The molecule has 0 heterocycles. The largest absolute Gasteiger partial charge is 0.392 e. The molecule has 0 bridgehead atoms. The van der Waals surface area contributed by atoms with Crippen molar-refractivity contribution in [3.05, 3.63) is 0 Å². The number of nitrogens with one attached hydrogen (secondary N) is 1. The summed E-state index contributed by atoms with van der Waals surface area (Å²) >= 11 is 4.76. The Morgan fingerprint density at radius 2 is 2.14 bits per heavy atom. The molecule has 0 saturated carbocycles. The smallest absolute Gasteiger partial charge is 0.221 e. The van der Waals surface area contributed by atoms with Crippen LogP contribution in [0.25, 0.3) is 0 Å². The van der Waals surface area contributed by atoms with Gasteiger partial charge in [-0.25, -0.2) is 0 Å². The van der Waals surface area contributed by atoms with Crippen molar-refractivity contribution in [2.75, 3.05) is 20.1 Å². The summed E-state index contributed by atoms with van der Waals surface area (Å²) in [6, 6.07) is 0.198. The molecule has 3 N–H and O–H groups in total. The Labute approximate surface area is 90.8 Å². The van der Waals surface area contributed by atoms with E-state index >= 15 is 0 Å². The summed E-state index contributed by atoms with van der Waals surface area (Å²) in [6.07, 6.45) is 0.483. The summed E-state index contributed by atoms with van der Waals surface area (Å²) in [5.74, 6) is 0.0646. The van der Waals surface area contributed by atoms with Gasteiger partial charge in [-0.15, -0.1) is 0 Å². The lowest BCUT2D eigenvalue weighted by Gasteiger charge is -2.15. The number of thiocarbonyl (C=S) groups is 1. The topological polar surface area (TPSA) is 58.4 Å². The highest BCUT2D eigenvalue weighted by atomic mass is 32.1. The average Bonchev–Trinajstić information content (AvgIpc) is 1.98. The maximum absolute atomic E-state index is 11.2. The highest BCUT2D eigenvalue weighted by Gasteiger charge is 2.05. The van der Waals surface area contributed by atoms with E-state index in [1.54, 1.807) is 0 Å². The Bertz CT molecular complexity index is 206. The lowest BCUT2D eigenvalue weighted by molar-refractivity contribution is -0.121. The summed E-state index contributed by atoms with van der Waals surface area (Å²) in [6.45, 7) is 5.12. The number of rotatable bonds is 6. The molecule has 0 unspecified atom stereocenters. The molecule has 0 aliphatic rings. The summed E-state index contributed by atoms with van der Waals surface area (Å²) in [5.41, 5.74) is 5.37. The number of nitrogens with two attached hydrogens (primary N) is 1. The van der Waals surface area contributed by atoms with E-state index in [-0.39, 0.29) is 11.9 Å². The van der Waals surface area contributed by atoms with E-state index in [9.17, 15) is 4.79 Å². The van der Waals surface area contributed by atoms with Crippen LogP contribution in [0.2, 0.25) is 0 Å². The third kappa shape index (κ3) is 7.94. The standard InChI is InChI=1S/C9H19N3OS/c1-7(2)11-9(13)4-5-12(3)6-8(10)14/h7H,4-6H2,1-3H3,(H2,10,14)(H,11,13). The van der Waals surface area contributed by atoms with Gasteiger partial charge in [0.25, 0.3) is 0 Å². The van der Waals surface area contributed by atoms with Gasteiger partial charge in [0.15, 0.2) is 0 Å². The summed E-state index contributed by atoms with van der Waals surface area (Å²) in [7, 11) is 1.89. The number of carbonyl (C=O) groups is 1. The monoisotopic (exact) mass is 217 g/mol. The van der Waals surface area contributed by atoms with E-state index in [0.29, 0.717) is 24.5 Å². The molecule has 0 aliphatic heterocycles. The van der Waals surface area contributed by atoms with E-state index in [1.165, 1.54) is 0 Å². The van der Waals surface area contributed by atoms with Gasteiger partial charge in [-0.1, -0.05) is 12.2 Å². The SMILES string of the molecule is CC(C)NC(=O)CCN(C)CC(N)=S. The minimum Gasteiger partial charge on any atom is -0.392 e. The van der Waals surface area contributed by atoms with Crippen molar-refractivity contribution in [2.45, 2.75) is 26.3 Å². The van der Waals surface area contributed by atoms with Crippen molar-refractivity contribution >= 4 is 23.1 Å². The number of nitrogens with zero attached hydrogens (tertiary/aromatic N) is 1. The number of amides is 1. The Balaban J connectivity index is 3.61. The van der Waals surface area contributed by atoms with E-state index in [2.05, 4.69) is 5.32 Å². The van der Waals surface area contributed by atoms with Gasteiger partial charge in [0.2, 0.25) is 5.91 Å². The van der Waals surface area contributed by atoms with Gasteiger partial charge >= 0.3 is 0 Å². The second kappa shape index (κ2) is 6.73. The zero-order valence-corrected chi connectivity index (χ0v) is 9.86. The van der Waals surface area contributed by atoms with Gasteiger partial charge in [0.1, 0.15) is 0 Å². The molecule has 4 nitrogen and oxygen atoms in total. The third-order valence-corrected chi connectivity index (χ3v) is 1.73. The first-order valence-corrected chi connectivity index (χ1v) is 5.09. The molecular formula is C9H19N3OS. The van der Waals surface area contributed by atoms with Crippen LogP contribution in [0.1, 0.15) is 20.3 Å². The van der Waals surface area contributed by atoms with Gasteiger partial charge in [-0.2, -0.15) is 0 Å². The predicted octanol–water partition coefficient (Wildman–Crippen LogP) is 0.119. The Hall–Kier alpha value is -0.680. The summed E-state index contributed by atoms with van der Waals surface area (Å²) in [4.78, 5) is 13.6. The van der Waals surface area contributed by atoms with E-state index < -0.39 is 0 Å². The normalized spacial score (nSPS) is 10.6. The summed E-state index contributed by atoms with van der Waals surface area (Å²) in [5, 5.41) is 2.82. The molecule has 0 saturated heterocycles. The molecular weight excluding hydrogens is 198 g/mol. The number of likely N-dealkylation sites (N-methyl/N-ethyl adjacent to an activating group) is 1. The van der Waals surface area contributed by atoms with Gasteiger partial charge in [0.05, 0.1) is 4.99 Å². The molecule has 82 valence electrons. The van der Waals surface area contributed by atoms with E-state index in [4.69, 9.17) is 18.0 Å². The van der Waals surface area contributed by atoms with Crippen LogP contribution in [0, 0.1) is 0 Å². The fraction of sp³-hybridized carbons (Fsp3) is 0.778. The maximum atomic E-state index is 11.2. The van der Waals surface area contributed by atoms with Gasteiger partial charge in [0, 0.05) is 25.6 Å². The van der Waals surface area contributed by atoms with Crippen molar-refractivity contribution in [3.8, 4) is 0 Å². The van der Waals surface area contributed by atoms with E-state index in [1.807, 2.05) is 25.8 Å². The Morgan fingerprint density at radius 1 is 1.57 bits per heavy atom. The molecule has 0 aromatic rings.